The zero-order valence-electron chi connectivity index (χ0n) is 39.7. The van der Waals surface area contributed by atoms with E-state index in [4.69, 9.17) is 9.64 Å². The van der Waals surface area contributed by atoms with Gasteiger partial charge in [0.05, 0.1) is 23.6 Å². The van der Waals surface area contributed by atoms with Crippen molar-refractivity contribution >= 4 is 80.4 Å². The number of carbonyl (C=O) groups is 1. The number of ketones is 1. The summed E-state index contributed by atoms with van der Waals surface area (Å²) in [5.41, 5.74) is 10.0. The number of methoxy groups -OCH3 is 1. The highest BCUT2D eigenvalue weighted by Crippen LogP contribution is 2.46. The summed E-state index contributed by atoms with van der Waals surface area (Å²) in [5.74, 6) is 3.57. The van der Waals surface area contributed by atoms with Crippen LogP contribution in [0, 0.1) is 23.7 Å². The third kappa shape index (κ3) is 9.37. The molecule has 2 unspecified atom stereocenters. The number of nitrogens with one attached hydrogen (secondary N) is 3. The number of allylic oxidation sites excluding steroid dienone is 2. The molecule has 3 aliphatic rings. The van der Waals surface area contributed by atoms with Gasteiger partial charge in [-0.05, 0) is 94.3 Å². The van der Waals surface area contributed by atoms with Crippen molar-refractivity contribution in [3.63, 3.8) is 0 Å². The molecule has 65 heavy (non-hydrogen) atoms. The minimum Gasteiger partial charge on any atom is -0.495 e. The van der Waals surface area contributed by atoms with Crippen LogP contribution in [0.15, 0.2) is 120 Å². The van der Waals surface area contributed by atoms with Gasteiger partial charge in [0.25, 0.3) is 0 Å². The lowest BCUT2D eigenvalue weighted by atomic mass is 9.65. The standard InChI is InChI=1S/C57H66B2N4O2/c1-36(2)12-8-14-38(5)20-22-40-24-30-44(31-25-40)58-60-48-18-10-16-42-28-34-46(54(62-58)50(42)48)52-56(64)53(57(52)65-7)47-35-29-43-17-11-19-49-51(43)55(47)63-59(61-49)45-32-26-41(27-33-45)23-21-39(6)15-9-13-37(3)4/h10-11,16-19,24-39,60-62H,8-9,12-15,20-23H2,1-7H3/b53-47+. The van der Waals surface area contributed by atoms with Gasteiger partial charge in [-0.1, -0.05) is 177 Å². The van der Waals surface area contributed by atoms with E-state index in [2.05, 4.69) is 166 Å². The number of aryl methyl sites for hydroxylation is 2. The monoisotopic (exact) mass is 861 g/mol. The van der Waals surface area contributed by atoms with Crippen LogP contribution in [0.5, 0.6) is 0 Å². The first-order chi connectivity index (χ1) is 31.6. The zero-order valence-corrected chi connectivity index (χ0v) is 39.7. The number of hydrogen-bond donors (Lipinski definition) is 3. The number of carbonyl (C=O) groups excluding carboxylic acids is 1. The van der Waals surface area contributed by atoms with E-state index < -0.39 is 0 Å². The molecule has 3 N–H and O–H groups in total. The molecule has 9 rings (SSSR count). The molecule has 6 aromatic rings. The highest BCUT2D eigenvalue weighted by molar-refractivity contribution is 6.80. The molecule has 0 aromatic heterocycles. The van der Waals surface area contributed by atoms with Crippen molar-refractivity contribution < 1.29 is 9.53 Å². The Balaban J connectivity index is 1.01. The van der Waals surface area contributed by atoms with Crippen molar-refractivity contribution in [1.82, 2.24) is 0 Å². The summed E-state index contributed by atoms with van der Waals surface area (Å²) >= 11 is 0. The number of hydrogen-bond acceptors (Lipinski definition) is 6. The molecule has 6 aromatic carbocycles. The molecule has 0 fully saturated rings. The molecule has 0 bridgehead atoms. The number of rotatable bonds is 18. The molecular formula is C57H66B2N4O2. The van der Waals surface area contributed by atoms with Crippen molar-refractivity contribution in [2.45, 2.75) is 106 Å². The maximum Gasteiger partial charge on any atom is 0.427 e. The van der Waals surface area contributed by atoms with Crippen LogP contribution < -0.4 is 37.2 Å². The van der Waals surface area contributed by atoms with Crippen LogP contribution >= 0.6 is 0 Å². The third-order valence-corrected chi connectivity index (χ3v) is 14.3. The maximum atomic E-state index is 14.8. The first-order valence-corrected chi connectivity index (χ1v) is 24.6. The number of anilines is 3. The Labute approximate surface area is 387 Å². The Morgan fingerprint density at radius 1 is 0.569 bits per heavy atom. The molecule has 0 radical (unpaired) electrons. The second-order valence-corrected chi connectivity index (χ2v) is 20.2. The summed E-state index contributed by atoms with van der Waals surface area (Å²) in [6, 6.07) is 39.0. The van der Waals surface area contributed by atoms with Crippen molar-refractivity contribution in [2.24, 2.45) is 28.6 Å². The van der Waals surface area contributed by atoms with Gasteiger partial charge < -0.3 is 25.3 Å². The third-order valence-electron chi connectivity index (χ3n) is 14.3. The highest BCUT2D eigenvalue weighted by Gasteiger charge is 2.40. The molecule has 0 saturated carbocycles. The first kappa shape index (κ1) is 44.5. The minimum absolute atomic E-state index is 0.0317. The molecule has 2 atom stereocenters. The summed E-state index contributed by atoms with van der Waals surface area (Å²) in [6.07, 6.45) is 12.4. The molecule has 2 aliphatic heterocycles. The lowest BCUT2D eigenvalue weighted by Crippen LogP contribution is -2.48. The minimum atomic E-state index is -0.294. The molecule has 6 nitrogen and oxygen atoms in total. The molecule has 2 heterocycles. The van der Waals surface area contributed by atoms with E-state index in [-0.39, 0.29) is 19.7 Å². The van der Waals surface area contributed by atoms with E-state index in [1.807, 2.05) is 0 Å². The van der Waals surface area contributed by atoms with Gasteiger partial charge in [-0.25, -0.2) is 0 Å². The van der Waals surface area contributed by atoms with Crippen LogP contribution in [-0.2, 0) is 22.4 Å². The van der Waals surface area contributed by atoms with Crippen LogP contribution in [0.2, 0.25) is 0 Å². The molecular weight excluding hydrogens is 794 g/mol. The average Bonchev–Trinajstić information content (AvgIpc) is 3.31. The molecule has 0 amide bonds. The smallest absolute Gasteiger partial charge is 0.427 e. The molecule has 332 valence electrons. The molecule has 1 aliphatic carbocycles. The summed E-state index contributed by atoms with van der Waals surface area (Å²) in [5, 5.41) is 17.3. The van der Waals surface area contributed by atoms with Gasteiger partial charge >= 0.3 is 14.0 Å². The average molecular weight is 861 g/mol. The van der Waals surface area contributed by atoms with Crippen molar-refractivity contribution in [1.29, 1.82) is 0 Å². The summed E-state index contributed by atoms with van der Waals surface area (Å²) in [4.78, 5) is 20.2. The number of ether oxygens (including phenoxy) is 1. The Bertz CT molecular complexity index is 2870. The van der Waals surface area contributed by atoms with Crippen molar-refractivity contribution in [3.8, 4) is 0 Å². The Hall–Kier alpha value is -5.75. The van der Waals surface area contributed by atoms with E-state index in [0.29, 0.717) is 16.9 Å². The van der Waals surface area contributed by atoms with E-state index in [9.17, 15) is 4.79 Å². The van der Waals surface area contributed by atoms with Gasteiger partial charge in [0.15, 0.2) is 0 Å². The van der Waals surface area contributed by atoms with Crippen molar-refractivity contribution in [2.75, 3.05) is 22.8 Å². The fourth-order valence-corrected chi connectivity index (χ4v) is 10.3. The van der Waals surface area contributed by atoms with E-state index in [1.165, 1.54) is 62.5 Å². The maximum absolute atomic E-state index is 14.8. The highest BCUT2D eigenvalue weighted by atomic mass is 16.5. The van der Waals surface area contributed by atoms with Crippen LogP contribution in [0.1, 0.15) is 110 Å². The Morgan fingerprint density at radius 2 is 1.14 bits per heavy atom. The largest absolute Gasteiger partial charge is 0.495 e. The number of nitrogens with zero attached hydrogens (tertiary/aromatic N) is 1. The van der Waals surface area contributed by atoms with Gasteiger partial charge in [0.1, 0.15) is 5.76 Å². The first-order valence-electron chi connectivity index (χ1n) is 24.6. The lowest BCUT2D eigenvalue weighted by molar-refractivity contribution is -0.110. The number of benzene rings is 6. The van der Waals surface area contributed by atoms with Gasteiger partial charge in [-0.3, -0.25) is 4.79 Å². The second kappa shape index (κ2) is 19.4. The summed E-state index contributed by atoms with van der Waals surface area (Å²) in [6.45, 7) is 13.6. The fraction of sp³-hybridized carbons (Fsp3) is 0.368. The topological polar surface area (TPSA) is 74.8 Å². The van der Waals surface area contributed by atoms with Gasteiger partial charge in [0.2, 0.25) is 5.78 Å². The zero-order chi connectivity index (χ0) is 45.2. The Morgan fingerprint density at radius 3 is 1.74 bits per heavy atom. The predicted molar refractivity (Wildman–Crippen MR) is 278 cm³/mol. The Kier molecular flexibility index (Phi) is 13.3. The summed E-state index contributed by atoms with van der Waals surface area (Å²) in [7, 11) is 1.68. The molecule has 8 heteroatoms. The normalized spacial score (nSPS) is 16.0. The lowest BCUT2D eigenvalue weighted by Gasteiger charge is -2.32. The SMILES string of the molecule is COC1=C(c2ccc3cccc4c3c2NB(c2ccc(CCC(C)CCCC(C)C)cc2)N4)C(=O)/C1=c1/ccc2cccc3c2c1=NB(c1ccc(CCC(C)CCCC(C)C)cc1)N3. The van der Waals surface area contributed by atoms with Gasteiger partial charge in [0, 0.05) is 38.6 Å². The second-order valence-electron chi connectivity index (χ2n) is 20.2. The molecule has 0 spiro atoms. The fourth-order valence-electron chi connectivity index (χ4n) is 10.3. The van der Waals surface area contributed by atoms with E-state index >= 15 is 0 Å². The van der Waals surface area contributed by atoms with Crippen molar-refractivity contribution in [3.05, 3.63) is 142 Å². The van der Waals surface area contributed by atoms with E-state index in [1.54, 1.807) is 7.11 Å². The predicted octanol–water partition coefficient (Wildman–Crippen LogP) is 11.2. The van der Waals surface area contributed by atoms with Crippen LogP contribution in [0.3, 0.4) is 0 Å². The van der Waals surface area contributed by atoms with Gasteiger partial charge in [-0.15, -0.1) is 0 Å². The quantitative estimate of drug-likeness (QED) is 0.0751. The molecule has 0 saturated heterocycles. The van der Waals surface area contributed by atoms with Gasteiger partial charge in [-0.2, -0.15) is 0 Å². The summed E-state index contributed by atoms with van der Waals surface area (Å²) < 4.78 is 6.22. The van der Waals surface area contributed by atoms with Crippen LogP contribution in [0.4, 0.5) is 17.1 Å². The van der Waals surface area contributed by atoms with Crippen LogP contribution in [0.25, 0.3) is 32.7 Å². The number of Topliss-reactive ketones (excluding diaryl/α,β-unsaturated/α-hetero) is 1. The van der Waals surface area contributed by atoms with E-state index in [0.717, 1.165) is 102 Å². The van der Waals surface area contributed by atoms with Crippen LogP contribution in [-0.4, -0.2) is 26.9 Å².